The molecule has 1 fully saturated rings. The summed E-state index contributed by atoms with van der Waals surface area (Å²) < 4.78 is 34.6. The molecule has 1 aromatic carbocycles. The minimum atomic E-state index is -0.991. The molecule has 1 aliphatic rings. The highest BCUT2D eigenvalue weighted by molar-refractivity contribution is 14.1. The van der Waals surface area contributed by atoms with Crippen LogP contribution >= 0.6 is 22.6 Å². The summed E-state index contributed by atoms with van der Waals surface area (Å²) in [4.78, 5) is 125. The summed E-state index contributed by atoms with van der Waals surface area (Å²) in [7, 11) is 6.23. The molecule has 1 heterocycles. The maximum atomic E-state index is 14.7. The van der Waals surface area contributed by atoms with Crippen molar-refractivity contribution in [3.05, 3.63) is 35.9 Å². The van der Waals surface area contributed by atoms with E-state index in [2.05, 4.69) is 26.6 Å². The molecule has 88 heavy (non-hydrogen) atoms. The van der Waals surface area contributed by atoms with Gasteiger partial charge in [-0.3, -0.25) is 43.2 Å². The van der Waals surface area contributed by atoms with Crippen LogP contribution in [0.1, 0.15) is 119 Å². The second-order valence-corrected chi connectivity index (χ2v) is 23.7. The summed E-state index contributed by atoms with van der Waals surface area (Å²) in [5.74, 6) is -4.21. The molecule has 1 saturated heterocycles. The molecular weight excluding hydrogens is 1250 g/mol. The van der Waals surface area contributed by atoms with Crippen molar-refractivity contribution in [3.63, 3.8) is 0 Å². The van der Waals surface area contributed by atoms with E-state index in [9.17, 15) is 48.3 Å². The predicted octanol–water partition coefficient (Wildman–Crippen LogP) is 2.64. The zero-order valence-corrected chi connectivity index (χ0v) is 56.8. The summed E-state index contributed by atoms with van der Waals surface area (Å²) >= 11 is 1.95. The molecule has 0 bridgehead atoms. The number of benzene rings is 1. The van der Waals surface area contributed by atoms with Gasteiger partial charge in [0.2, 0.25) is 53.2 Å². The molecule has 6 N–H and O–H groups in total. The van der Waals surface area contributed by atoms with Gasteiger partial charge in [-0.15, -0.1) is 0 Å². The van der Waals surface area contributed by atoms with Gasteiger partial charge < -0.3 is 79.7 Å². The van der Waals surface area contributed by atoms with Crippen LogP contribution in [-0.2, 0) is 71.6 Å². The average molecular weight is 1360 g/mol. The van der Waals surface area contributed by atoms with Crippen molar-refractivity contribution in [2.75, 3.05) is 125 Å². The van der Waals surface area contributed by atoms with Gasteiger partial charge in [-0.05, 0) is 43.1 Å². The SMILES string of the molecule is CCC(=O)NCCN(CCNC(=O)CI)C(=O)CCC(=O)NCCOCCOCCOCCOCC(=O)N(C)C(C(=O)NC(C(=O)N(C)C(C(C)CC)C(CC(=O)N1CCCC1C(OC)C(C)C(=O)N[C@@H](C)[C@H](O)c1ccccc1)OC)C(C)C)C(C)C. The number of carbonyl (C=O) groups excluding carboxylic acids is 9. The number of methoxy groups -OCH3 is 2. The van der Waals surface area contributed by atoms with Gasteiger partial charge in [0, 0.05) is 86.8 Å². The van der Waals surface area contributed by atoms with Crippen molar-refractivity contribution in [2.24, 2.45) is 23.7 Å². The van der Waals surface area contributed by atoms with Gasteiger partial charge >= 0.3 is 0 Å². The highest BCUT2D eigenvalue weighted by Gasteiger charge is 2.44. The number of carbonyl (C=O) groups is 9. The van der Waals surface area contributed by atoms with Crippen LogP contribution in [0.2, 0.25) is 0 Å². The maximum Gasteiger partial charge on any atom is 0.249 e. The largest absolute Gasteiger partial charge is 0.386 e. The Morgan fingerprint density at radius 3 is 1.81 bits per heavy atom. The Hall–Kier alpha value is -5.10. The Balaban J connectivity index is 1.85. The quantitative estimate of drug-likeness (QED) is 0.0311. The van der Waals surface area contributed by atoms with E-state index in [1.165, 1.54) is 31.1 Å². The lowest BCUT2D eigenvalue weighted by molar-refractivity contribution is -0.149. The highest BCUT2D eigenvalue weighted by atomic mass is 127. The van der Waals surface area contributed by atoms with E-state index in [-0.39, 0.29) is 164 Å². The molecule has 25 nitrogen and oxygen atoms in total. The number of likely N-dealkylation sites (N-methyl/N-ethyl adjacent to an activating group) is 2. The van der Waals surface area contributed by atoms with Crippen LogP contribution in [0.4, 0.5) is 0 Å². The first-order valence-electron chi connectivity index (χ1n) is 31.1. The summed E-state index contributed by atoms with van der Waals surface area (Å²) in [5.41, 5.74) is 0.679. The van der Waals surface area contributed by atoms with Crippen molar-refractivity contribution in [2.45, 2.75) is 156 Å². The molecule has 0 spiro atoms. The summed E-state index contributed by atoms with van der Waals surface area (Å²) in [6.07, 6.45) is -0.131. The van der Waals surface area contributed by atoms with E-state index in [0.717, 1.165) is 0 Å². The van der Waals surface area contributed by atoms with Gasteiger partial charge in [-0.25, -0.2) is 0 Å². The smallest absolute Gasteiger partial charge is 0.249 e. The Bertz CT molecular complexity index is 2250. The van der Waals surface area contributed by atoms with Crippen LogP contribution in [0, 0.1) is 23.7 Å². The van der Waals surface area contributed by atoms with Gasteiger partial charge in [-0.2, -0.15) is 0 Å². The molecule has 0 saturated carbocycles. The number of nitrogens with zero attached hydrogens (tertiary/aromatic N) is 4. The monoisotopic (exact) mass is 1360 g/mol. The van der Waals surface area contributed by atoms with Crippen LogP contribution < -0.4 is 26.6 Å². The number of nitrogens with one attached hydrogen (secondary N) is 5. The average Bonchev–Trinajstić information content (AvgIpc) is 2.63. The van der Waals surface area contributed by atoms with E-state index in [1.807, 2.05) is 82.3 Å². The molecule has 2 rings (SSSR count). The second kappa shape index (κ2) is 43.6. The molecule has 26 heteroatoms. The first-order chi connectivity index (χ1) is 41.9. The Morgan fingerprint density at radius 1 is 0.682 bits per heavy atom. The van der Waals surface area contributed by atoms with Crippen molar-refractivity contribution in [1.82, 2.24) is 46.2 Å². The lowest BCUT2D eigenvalue weighted by Gasteiger charge is -2.41. The Morgan fingerprint density at radius 2 is 1.26 bits per heavy atom. The minimum Gasteiger partial charge on any atom is -0.386 e. The Labute approximate surface area is 536 Å². The molecular formula is C62H106IN9O16. The maximum absolute atomic E-state index is 14.7. The molecule has 0 radical (unpaired) electrons. The van der Waals surface area contributed by atoms with Gasteiger partial charge in [0.15, 0.2) is 0 Å². The molecule has 1 aliphatic heterocycles. The molecule has 0 aromatic heterocycles. The van der Waals surface area contributed by atoms with Gasteiger partial charge in [0.1, 0.15) is 18.7 Å². The standard InChI is InChI=1S/C62H106IN9O16/c1-14-43(7)57(48(83-12)38-53(77)72-28-19-22-47(72)59(84-13)44(8)60(80)67-45(9)58(79)46-20-17-16-18-21-46)70(11)62(82)55(41(3)4)68-61(81)56(42(5)6)69(10)54(78)40-88-37-36-87-35-34-86-33-32-85-31-27-66-50(74)23-24-52(76)71(29-25-64-49(73)15-2)30-26-65-51(75)39-63/h16-18,20-21,41-45,47-48,55-59,79H,14-15,19,22-40H2,1-13H3,(H,64,73)(H,65,75)(H,66,74)(H,67,80)(H,68,81)/t43?,44?,45-,47?,48?,55?,56?,57?,58-,59?/m0/s1. The van der Waals surface area contributed by atoms with Crippen LogP contribution in [0.25, 0.3) is 0 Å². The van der Waals surface area contributed by atoms with Crippen LogP contribution in [0.3, 0.4) is 0 Å². The van der Waals surface area contributed by atoms with Crippen molar-refractivity contribution >= 4 is 75.8 Å². The third-order valence-electron chi connectivity index (χ3n) is 15.9. The molecule has 9 amide bonds. The number of aliphatic hydroxyl groups is 1. The van der Waals surface area contributed by atoms with E-state index < -0.39 is 66.3 Å². The summed E-state index contributed by atoms with van der Waals surface area (Å²) in [6.45, 7) is 19.5. The first-order valence-corrected chi connectivity index (χ1v) is 32.6. The zero-order valence-electron chi connectivity index (χ0n) is 54.6. The van der Waals surface area contributed by atoms with Crippen molar-refractivity contribution in [1.29, 1.82) is 0 Å². The molecule has 8 unspecified atom stereocenters. The zero-order chi connectivity index (χ0) is 65.9. The number of hydrogen-bond acceptors (Lipinski definition) is 16. The van der Waals surface area contributed by atoms with Gasteiger partial charge in [-0.1, -0.05) is 115 Å². The number of hydrogen-bond donors (Lipinski definition) is 6. The third kappa shape index (κ3) is 27.6. The number of amides is 9. The van der Waals surface area contributed by atoms with E-state index in [4.69, 9.17) is 28.4 Å². The van der Waals surface area contributed by atoms with Crippen LogP contribution in [-0.4, -0.2) is 245 Å². The minimum absolute atomic E-state index is 0.0277. The third-order valence-corrected chi connectivity index (χ3v) is 16.6. The van der Waals surface area contributed by atoms with E-state index in [0.29, 0.717) is 42.2 Å². The van der Waals surface area contributed by atoms with Crippen molar-refractivity contribution in [3.8, 4) is 0 Å². The topological polar surface area (TPSA) is 302 Å². The predicted molar refractivity (Wildman–Crippen MR) is 341 cm³/mol. The van der Waals surface area contributed by atoms with Crippen LogP contribution in [0.15, 0.2) is 30.3 Å². The van der Waals surface area contributed by atoms with Gasteiger partial charge in [0.05, 0.1) is 99.5 Å². The molecule has 502 valence electrons. The number of alkyl halides is 1. The Kier molecular flexibility index (Phi) is 39.1. The fourth-order valence-electron chi connectivity index (χ4n) is 10.6. The number of likely N-dealkylation sites (tertiary alicyclic amines) is 1. The van der Waals surface area contributed by atoms with Crippen molar-refractivity contribution < 1.29 is 76.7 Å². The molecule has 1 aromatic rings. The second-order valence-electron chi connectivity index (χ2n) is 23.0. The highest BCUT2D eigenvalue weighted by Crippen LogP contribution is 2.30. The van der Waals surface area contributed by atoms with E-state index >= 15 is 0 Å². The number of halogens is 1. The number of ether oxygens (including phenoxy) is 6. The summed E-state index contributed by atoms with van der Waals surface area (Å²) in [5, 5.41) is 25.0. The van der Waals surface area contributed by atoms with E-state index in [1.54, 1.807) is 49.8 Å². The fourth-order valence-corrected chi connectivity index (χ4v) is 10.8. The van der Waals surface area contributed by atoms with Crippen LogP contribution in [0.5, 0.6) is 0 Å². The van der Waals surface area contributed by atoms with Gasteiger partial charge in [0.25, 0.3) is 0 Å². The number of aliphatic hydroxyl groups excluding tert-OH is 1. The number of rotatable bonds is 45. The molecule has 0 aliphatic carbocycles. The lowest BCUT2D eigenvalue weighted by atomic mass is 9.89. The first kappa shape index (κ1) is 79.0. The lowest BCUT2D eigenvalue weighted by Crippen LogP contribution is -2.60. The molecule has 10 atom stereocenters. The summed E-state index contributed by atoms with van der Waals surface area (Å²) in [6, 6.07) is 5.58. The fraction of sp³-hybridized carbons (Fsp3) is 0.758. The normalized spacial score (nSPS) is 16.3.